The van der Waals surface area contributed by atoms with E-state index < -0.39 is 0 Å². The van der Waals surface area contributed by atoms with E-state index in [1.165, 1.54) is 16.7 Å². The smallest absolute Gasteiger partial charge is 0.256 e. The maximum absolute atomic E-state index is 12.4. The number of anilines is 1. The second kappa shape index (κ2) is 9.26. The number of rotatable bonds is 6. The van der Waals surface area contributed by atoms with E-state index in [1.54, 1.807) is 41.7 Å². The van der Waals surface area contributed by atoms with E-state index in [9.17, 15) is 4.79 Å². The first-order chi connectivity index (χ1) is 13.2. The molecule has 0 spiro atoms. The van der Waals surface area contributed by atoms with Crippen LogP contribution in [0.25, 0.3) is 0 Å². The number of carbonyl (C=O) groups is 1. The average molecular weight is 392 g/mol. The van der Waals surface area contributed by atoms with Gasteiger partial charge in [0.25, 0.3) is 5.91 Å². The maximum atomic E-state index is 12.4. The van der Waals surface area contributed by atoms with E-state index in [4.69, 9.17) is 5.26 Å². The second-order valence-electron chi connectivity index (χ2n) is 5.66. The van der Waals surface area contributed by atoms with E-state index in [0.717, 1.165) is 10.6 Å². The Morgan fingerprint density at radius 1 is 1.11 bits per heavy atom. The number of thioether (sulfide) groups is 2. The zero-order valence-corrected chi connectivity index (χ0v) is 16.3. The number of nitriles is 1. The van der Waals surface area contributed by atoms with Crippen LogP contribution in [-0.4, -0.2) is 17.1 Å². The molecule has 1 N–H and O–H groups in total. The van der Waals surface area contributed by atoms with Gasteiger partial charge in [-0.05, 0) is 54.3 Å². The minimum absolute atomic E-state index is 0.223. The van der Waals surface area contributed by atoms with Crippen LogP contribution in [0.1, 0.15) is 21.5 Å². The summed E-state index contributed by atoms with van der Waals surface area (Å²) in [7, 11) is 0. The van der Waals surface area contributed by atoms with Crippen LogP contribution in [0.15, 0.2) is 76.7 Å². The van der Waals surface area contributed by atoms with Crippen LogP contribution < -0.4 is 5.32 Å². The fourth-order valence-corrected chi connectivity index (χ4v) is 3.66. The zero-order chi connectivity index (χ0) is 19.1. The Morgan fingerprint density at radius 3 is 2.59 bits per heavy atom. The molecule has 0 saturated heterocycles. The molecule has 0 saturated carbocycles. The molecule has 0 atom stereocenters. The van der Waals surface area contributed by atoms with Crippen molar-refractivity contribution in [2.75, 3.05) is 11.6 Å². The molecule has 0 radical (unpaired) electrons. The Kier molecular flexibility index (Phi) is 6.53. The number of benzene rings is 2. The van der Waals surface area contributed by atoms with Crippen LogP contribution in [0.2, 0.25) is 0 Å². The first-order valence-corrected chi connectivity index (χ1v) is 10.4. The highest BCUT2D eigenvalue weighted by atomic mass is 32.2. The highest BCUT2D eigenvalue weighted by Crippen LogP contribution is 2.25. The standard InChI is InChI=1S/C21H17N3OS2/c1-26-18-8-5-15(6-9-18)14-27-19-4-2-3-17(11-19)21(25)24-20-10-7-16(12-22)13-23-20/h2-11,13H,14H2,1H3,(H,23,24,25). The van der Waals surface area contributed by atoms with Crippen molar-refractivity contribution in [3.05, 3.63) is 83.6 Å². The molecule has 0 aliphatic rings. The largest absolute Gasteiger partial charge is 0.307 e. The number of pyridine rings is 1. The van der Waals surface area contributed by atoms with Gasteiger partial charge in [0.1, 0.15) is 11.9 Å². The second-order valence-corrected chi connectivity index (χ2v) is 7.59. The van der Waals surface area contributed by atoms with Gasteiger partial charge in [-0.3, -0.25) is 4.79 Å². The van der Waals surface area contributed by atoms with Gasteiger partial charge in [-0.2, -0.15) is 5.26 Å². The predicted molar refractivity (Wildman–Crippen MR) is 111 cm³/mol. The molecule has 0 bridgehead atoms. The summed E-state index contributed by atoms with van der Waals surface area (Å²) in [6.45, 7) is 0. The summed E-state index contributed by atoms with van der Waals surface area (Å²) in [5, 5.41) is 11.5. The van der Waals surface area contributed by atoms with Gasteiger partial charge in [-0.25, -0.2) is 4.98 Å². The lowest BCUT2D eigenvalue weighted by atomic mass is 10.2. The highest BCUT2D eigenvalue weighted by molar-refractivity contribution is 7.98. The van der Waals surface area contributed by atoms with Gasteiger partial charge in [-0.1, -0.05) is 18.2 Å². The van der Waals surface area contributed by atoms with Crippen molar-refractivity contribution in [3.8, 4) is 6.07 Å². The molecule has 1 heterocycles. The van der Waals surface area contributed by atoms with Crippen LogP contribution in [0.3, 0.4) is 0 Å². The van der Waals surface area contributed by atoms with E-state index in [0.29, 0.717) is 16.9 Å². The normalized spacial score (nSPS) is 10.2. The van der Waals surface area contributed by atoms with Crippen molar-refractivity contribution in [1.82, 2.24) is 4.98 Å². The third kappa shape index (κ3) is 5.36. The lowest BCUT2D eigenvalue weighted by Crippen LogP contribution is -2.12. The SMILES string of the molecule is CSc1ccc(CSc2cccc(C(=O)Nc3ccc(C#N)cn3)c2)cc1. The molecule has 6 heteroatoms. The number of carbonyl (C=O) groups excluding carboxylic acids is 1. The van der Waals surface area contributed by atoms with Gasteiger partial charge in [0, 0.05) is 27.3 Å². The first kappa shape index (κ1) is 19.0. The van der Waals surface area contributed by atoms with E-state index in [2.05, 4.69) is 40.8 Å². The quantitative estimate of drug-likeness (QED) is 0.584. The van der Waals surface area contributed by atoms with Crippen LogP contribution in [0, 0.1) is 11.3 Å². The van der Waals surface area contributed by atoms with Crippen LogP contribution in [-0.2, 0) is 5.75 Å². The summed E-state index contributed by atoms with van der Waals surface area (Å²) < 4.78 is 0. The number of hydrogen-bond donors (Lipinski definition) is 1. The molecule has 2 aromatic carbocycles. The molecule has 134 valence electrons. The molecular formula is C21H17N3OS2. The van der Waals surface area contributed by atoms with Crippen molar-refractivity contribution >= 4 is 35.2 Å². The van der Waals surface area contributed by atoms with E-state index >= 15 is 0 Å². The third-order valence-corrected chi connectivity index (χ3v) is 5.60. The molecule has 0 unspecified atom stereocenters. The number of amides is 1. The molecule has 4 nitrogen and oxygen atoms in total. The molecule has 1 amide bonds. The van der Waals surface area contributed by atoms with Gasteiger partial charge in [0.15, 0.2) is 0 Å². The Bertz CT molecular complexity index is 964. The van der Waals surface area contributed by atoms with Gasteiger partial charge >= 0.3 is 0 Å². The van der Waals surface area contributed by atoms with Gasteiger partial charge in [-0.15, -0.1) is 23.5 Å². The van der Waals surface area contributed by atoms with Gasteiger partial charge in [0.05, 0.1) is 5.56 Å². The molecular weight excluding hydrogens is 374 g/mol. The fraction of sp³-hybridized carbons (Fsp3) is 0.0952. The summed E-state index contributed by atoms with van der Waals surface area (Å²) in [5.74, 6) is 1.04. The Hall–Kier alpha value is -2.75. The summed E-state index contributed by atoms with van der Waals surface area (Å²) in [6.07, 6.45) is 3.50. The number of nitrogens with one attached hydrogen (secondary N) is 1. The summed E-state index contributed by atoms with van der Waals surface area (Å²) in [4.78, 5) is 18.8. The Morgan fingerprint density at radius 2 is 1.93 bits per heavy atom. The van der Waals surface area contributed by atoms with Crippen molar-refractivity contribution in [2.24, 2.45) is 0 Å². The molecule has 0 aliphatic carbocycles. The van der Waals surface area contributed by atoms with Crippen molar-refractivity contribution in [2.45, 2.75) is 15.5 Å². The third-order valence-electron chi connectivity index (χ3n) is 3.79. The molecule has 0 aliphatic heterocycles. The number of nitrogens with zero attached hydrogens (tertiary/aromatic N) is 2. The minimum atomic E-state index is -0.223. The van der Waals surface area contributed by atoms with Crippen LogP contribution >= 0.6 is 23.5 Å². The molecule has 3 aromatic rings. The molecule has 27 heavy (non-hydrogen) atoms. The van der Waals surface area contributed by atoms with Crippen molar-refractivity contribution in [1.29, 1.82) is 5.26 Å². The summed E-state index contributed by atoms with van der Waals surface area (Å²) in [6, 6.07) is 21.3. The minimum Gasteiger partial charge on any atom is -0.307 e. The molecule has 3 rings (SSSR count). The predicted octanol–water partition coefficient (Wildman–Crippen LogP) is 5.22. The number of aromatic nitrogens is 1. The average Bonchev–Trinajstić information content (AvgIpc) is 2.73. The lowest BCUT2D eigenvalue weighted by Gasteiger charge is -2.07. The highest BCUT2D eigenvalue weighted by Gasteiger charge is 2.08. The molecule has 0 fully saturated rings. The monoisotopic (exact) mass is 391 g/mol. The number of hydrogen-bond acceptors (Lipinski definition) is 5. The van der Waals surface area contributed by atoms with Crippen LogP contribution in [0.5, 0.6) is 0 Å². The zero-order valence-electron chi connectivity index (χ0n) is 14.7. The molecule has 1 aromatic heterocycles. The summed E-state index contributed by atoms with van der Waals surface area (Å²) in [5.41, 5.74) is 2.27. The first-order valence-electron chi connectivity index (χ1n) is 8.21. The Labute approximate surface area is 167 Å². The fourth-order valence-electron chi connectivity index (χ4n) is 2.34. The summed E-state index contributed by atoms with van der Waals surface area (Å²) >= 11 is 3.42. The lowest BCUT2D eigenvalue weighted by molar-refractivity contribution is 0.102. The van der Waals surface area contributed by atoms with Crippen molar-refractivity contribution in [3.63, 3.8) is 0 Å². The maximum Gasteiger partial charge on any atom is 0.256 e. The van der Waals surface area contributed by atoms with E-state index in [-0.39, 0.29) is 5.91 Å². The van der Waals surface area contributed by atoms with Crippen LogP contribution in [0.4, 0.5) is 5.82 Å². The van der Waals surface area contributed by atoms with E-state index in [1.807, 2.05) is 24.3 Å². The van der Waals surface area contributed by atoms with Gasteiger partial charge < -0.3 is 5.32 Å². The van der Waals surface area contributed by atoms with Gasteiger partial charge in [0.2, 0.25) is 0 Å². The van der Waals surface area contributed by atoms with Crippen molar-refractivity contribution < 1.29 is 4.79 Å². The topological polar surface area (TPSA) is 65.8 Å². The Balaban J connectivity index is 1.63.